The number of aromatic nitrogens is 1. The first-order valence-electron chi connectivity index (χ1n) is 9.24. The molecule has 1 amide bonds. The molecule has 0 aliphatic heterocycles. The van der Waals surface area contributed by atoms with E-state index in [0.29, 0.717) is 3.57 Å². The van der Waals surface area contributed by atoms with Crippen LogP contribution in [0.4, 0.5) is 21.6 Å². The fourth-order valence-corrected chi connectivity index (χ4v) is 3.45. The average molecular weight is 552 g/mol. The number of benzene rings is 2. The first-order valence-corrected chi connectivity index (χ1v) is 10.3. The Hall–Kier alpha value is -3.48. The van der Waals surface area contributed by atoms with E-state index >= 15 is 0 Å². The van der Waals surface area contributed by atoms with Crippen LogP contribution in [0.2, 0.25) is 0 Å². The molecule has 3 rings (SSSR count). The van der Waals surface area contributed by atoms with Crippen LogP contribution in [0.15, 0.2) is 47.3 Å². The van der Waals surface area contributed by atoms with Gasteiger partial charge in [0.25, 0.3) is 17.2 Å². The van der Waals surface area contributed by atoms with Gasteiger partial charge in [0.1, 0.15) is 28.7 Å². The SMILES string of the molecule is CNC(=O)c1c(Oc2cccc([N+](=O)[O-])c2C)cc(=O)n(C)c1Nc1ccc(I)cc1F. The van der Waals surface area contributed by atoms with E-state index in [-0.39, 0.29) is 39.8 Å². The van der Waals surface area contributed by atoms with Gasteiger partial charge >= 0.3 is 0 Å². The van der Waals surface area contributed by atoms with Crippen molar-refractivity contribution in [1.29, 1.82) is 0 Å². The molecule has 0 saturated carbocycles. The topological polar surface area (TPSA) is 116 Å². The maximum absolute atomic E-state index is 14.5. The summed E-state index contributed by atoms with van der Waals surface area (Å²) in [6.07, 6.45) is 0. The van der Waals surface area contributed by atoms with Crippen molar-refractivity contribution >= 4 is 45.7 Å². The van der Waals surface area contributed by atoms with Crippen LogP contribution in [-0.4, -0.2) is 22.4 Å². The van der Waals surface area contributed by atoms with Gasteiger partial charge in [-0.2, -0.15) is 0 Å². The van der Waals surface area contributed by atoms with Crippen LogP contribution in [0.3, 0.4) is 0 Å². The smallest absolute Gasteiger partial charge is 0.276 e. The summed E-state index contributed by atoms with van der Waals surface area (Å²) in [7, 11) is 2.81. The van der Waals surface area contributed by atoms with Crippen LogP contribution in [0.1, 0.15) is 15.9 Å². The molecule has 11 heteroatoms. The Morgan fingerprint density at radius 1 is 1.22 bits per heavy atom. The second-order valence-corrected chi connectivity index (χ2v) is 7.96. The largest absolute Gasteiger partial charge is 0.456 e. The molecular formula is C21H18FIN4O5. The number of nitrogens with zero attached hydrogens (tertiary/aromatic N) is 2. The normalized spacial score (nSPS) is 10.5. The molecule has 9 nitrogen and oxygen atoms in total. The summed E-state index contributed by atoms with van der Waals surface area (Å²) in [6.45, 7) is 1.49. The molecule has 3 aromatic rings. The summed E-state index contributed by atoms with van der Waals surface area (Å²) in [4.78, 5) is 36.0. The quantitative estimate of drug-likeness (QED) is 0.269. The molecule has 32 heavy (non-hydrogen) atoms. The van der Waals surface area contributed by atoms with E-state index in [1.165, 1.54) is 51.4 Å². The minimum absolute atomic E-state index is 0.00459. The highest BCUT2D eigenvalue weighted by Gasteiger charge is 2.24. The zero-order chi connectivity index (χ0) is 23.6. The van der Waals surface area contributed by atoms with Gasteiger partial charge in [0.15, 0.2) is 0 Å². The second kappa shape index (κ2) is 9.34. The zero-order valence-electron chi connectivity index (χ0n) is 17.2. The molecule has 0 atom stereocenters. The average Bonchev–Trinajstić information content (AvgIpc) is 2.74. The number of hydrogen-bond acceptors (Lipinski definition) is 6. The number of anilines is 2. The number of carbonyl (C=O) groups excluding carboxylic acids is 1. The van der Waals surface area contributed by atoms with Crippen molar-refractivity contribution in [2.24, 2.45) is 7.05 Å². The second-order valence-electron chi connectivity index (χ2n) is 6.72. The number of nitro groups is 1. The van der Waals surface area contributed by atoms with Gasteiger partial charge < -0.3 is 15.4 Å². The van der Waals surface area contributed by atoms with Crippen LogP contribution in [0.5, 0.6) is 11.5 Å². The Labute approximate surface area is 195 Å². The van der Waals surface area contributed by atoms with Gasteiger partial charge in [-0.1, -0.05) is 6.07 Å². The third-order valence-electron chi connectivity index (χ3n) is 4.71. The predicted molar refractivity (Wildman–Crippen MR) is 125 cm³/mol. The van der Waals surface area contributed by atoms with Gasteiger partial charge in [0.2, 0.25) is 0 Å². The molecular weight excluding hydrogens is 534 g/mol. The van der Waals surface area contributed by atoms with Crippen LogP contribution >= 0.6 is 22.6 Å². The molecule has 0 bridgehead atoms. The fraction of sp³-hybridized carbons (Fsp3) is 0.143. The molecule has 0 radical (unpaired) electrons. The molecule has 1 heterocycles. The fourth-order valence-electron chi connectivity index (χ4n) is 3.00. The lowest BCUT2D eigenvalue weighted by Gasteiger charge is -2.19. The van der Waals surface area contributed by atoms with Crippen LogP contribution in [-0.2, 0) is 7.05 Å². The summed E-state index contributed by atoms with van der Waals surface area (Å²) in [5, 5.41) is 16.5. The number of nitrogens with one attached hydrogen (secondary N) is 2. The van der Waals surface area contributed by atoms with E-state index in [1.54, 1.807) is 6.07 Å². The van der Waals surface area contributed by atoms with E-state index in [2.05, 4.69) is 10.6 Å². The first-order chi connectivity index (χ1) is 15.1. The lowest BCUT2D eigenvalue weighted by Crippen LogP contribution is -2.27. The van der Waals surface area contributed by atoms with E-state index in [1.807, 2.05) is 22.6 Å². The van der Waals surface area contributed by atoms with E-state index in [9.17, 15) is 24.1 Å². The third kappa shape index (κ3) is 4.56. The van der Waals surface area contributed by atoms with Gasteiger partial charge in [0, 0.05) is 29.8 Å². The minimum Gasteiger partial charge on any atom is -0.456 e. The molecule has 2 aromatic carbocycles. The molecule has 0 aliphatic carbocycles. The third-order valence-corrected chi connectivity index (χ3v) is 5.39. The number of carbonyl (C=O) groups is 1. The number of amides is 1. The van der Waals surface area contributed by atoms with Crippen LogP contribution < -0.4 is 20.9 Å². The van der Waals surface area contributed by atoms with Crippen molar-refractivity contribution in [2.75, 3.05) is 12.4 Å². The van der Waals surface area contributed by atoms with Crippen molar-refractivity contribution in [3.8, 4) is 11.5 Å². The Morgan fingerprint density at radius 3 is 2.56 bits per heavy atom. The summed E-state index contributed by atoms with van der Waals surface area (Å²) in [5.74, 6) is -1.22. The summed E-state index contributed by atoms with van der Waals surface area (Å²) in [5.41, 5.74) is -0.511. The number of hydrogen-bond donors (Lipinski definition) is 2. The Kier molecular flexibility index (Phi) is 6.77. The summed E-state index contributed by atoms with van der Waals surface area (Å²) < 4.78 is 22.1. The van der Waals surface area contributed by atoms with Crippen molar-refractivity contribution < 1.29 is 18.8 Å². The van der Waals surface area contributed by atoms with Gasteiger partial charge in [0.05, 0.1) is 16.2 Å². The molecule has 1 aromatic heterocycles. The van der Waals surface area contributed by atoms with Gasteiger partial charge in [-0.15, -0.1) is 0 Å². The molecule has 0 unspecified atom stereocenters. The Balaban J connectivity index is 2.19. The molecule has 0 fully saturated rings. The van der Waals surface area contributed by atoms with Gasteiger partial charge in [-0.25, -0.2) is 4.39 Å². The standard InChI is InChI=1S/C21H18FIN4O5/c1-11-15(27(30)31)5-4-6-16(11)32-17-10-18(28)26(3)20(19(17)21(29)24-2)25-14-8-7-12(23)9-13(14)22/h4-10,25H,1-3H3,(H,24,29). The predicted octanol–water partition coefficient (Wildman–Crippen LogP) is 4.24. The zero-order valence-corrected chi connectivity index (χ0v) is 19.4. The number of halogens is 2. The van der Waals surface area contributed by atoms with Gasteiger partial charge in [-0.05, 0) is 53.8 Å². The van der Waals surface area contributed by atoms with Gasteiger partial charge in [-0.3, -0.25) is 24.3 Å². The van der Waals surface area contributed by atoms with Crippen molar-refractivity contribution in [2.45, 2.75) is 6.92 Å². The number of rotatable bonds is 6. The minimum atomic E-state index is -0.605. The monoisotopic (exact) mass is 552 g/mol. The van der Waals surface area contributed by atoms with Crippen molar-refractivity contribution in [1.82, 2.24) is 9.88 Å². The molecule has 0 spiro atoms. The van der Waals surface area contributed by atoms with Crippen LogP contribution in [0, 0.1) is 26.4 Å². The molecule has 166 valence electrons. The number of nitro benzene ring substituents is 1. The molecule has 0 saturated heterocycles. The number of pyridine rings is 1. The first kappa shape index (κ1) is 23.2. The number of ether oxygens (including phenoxy) is 1. The highest BCUT2D eigenvalue weighted by atomic mass is 127. The maximum atomic E-state index is 14.5. The molecule has 2 N–H and O–H groups in total. The van der Waals surface area contributed by atoms with Crippen molar-refractivity contribution in [3.05, 3.63) is 83.4 Å². The lowest BCUT2D eigenvalue weighted by atomic mass is 10.1. The highest BCUT2D eigenvalue weighted by Crippen LogP contribution is 2.35. The summed E-state index contributed by atoms with van der Waals surface area (Å²) >= 11 is 1.96. The van der Waals surface area contributed by atoms with E-state index in [0.717, 1.165) is 10.6 Å². The lowest BCUT2D eigenvalue weighted by molar-refractivity contribution is -0.385. The van der Waals surface area contributed by atoms with Crippen LogP contribution in [0.25, 0.3) is 0 Å². The van der Waals surface area contributed by atoms with Crippen molar-refractivity contribution in [3.63, 3.8) is 0 Å². The molecule has 0 aliphatic rings. The van der Waals surface area contributed by atoms with E-state index < -0.39 is 22.2 Å². The Bertz CT molecular complexity index is 1290. The Morgan fingerprint density at radius 2 is 1.94 bits per heavy atom. The van der Waals surface area contributed by atoms with E-state index in [4.69, 9.17) is 4.74 Å². The summed E-state index contributed by atoms with van der Waals surface area (Å²) in [6, 6.07) is 9.77. The highest BCUT2D eigenvalue weighted by molar-refractivity contribution is 14.1. The maximum Gasteiger partial charge on any atom is 0.276 e.